The van der Waals surface area contributed by atoms with E-state index >= 15 is 0 Å². The SMILES string of the molecule is CCCC(CNc1nc(-c2ccccn2)cs1)NS(=O)(=O)c1ccc(OC)cc1.Cl. The van der Waals surface area contributed by atoms with Crippen molar-refractivity contribution < 1.29 is 13.2 Å². The van der Waals surface area contributed by atoms with Crippen LogP contribution in [0.2, 0.25) is 0 Å². The van der Waals surface area contributed by atoms with Crippen molar-refractivity contribution in [1.29, 1.82) is 0 Å². The molecule has 3 aromatic rings. The Hall–Kier alpha value is -2.20. The fourth-order valence-electron chi connectivity index (χ4n) is 2.79. The van der Waals surface area contributed by atoms with Crippen molar-refractivity contribution in [1.82, 2.24) is 14.7 Å². The quantitative estimate of drug-likeness (QED) is 0.463. The van der Waals surface area contributed by atoms with Gasteiger partial charge >= 0.3 is 0 Å². The number of thiazole rings is 1. The Balaban J connectivity index is 0.00000320. The Morgan fingerprint density at radius 1 is 1.13 bits per heavy atom. The molecule has 0 fully saturated rings. The normalized spacial score (nSPS) is 12.1. The average molecular weight is 469 g/mol. The van der Waals surface area contributed by atoms with Crippen LogP contribution in [0.4, 0.5) is 5.13 Å². The van der Waals surface area contributed by atoms with E-state index in [1.54, 1.807) is 25.4 Å². The molecule has 3 rings (SSSR count). The van der Waals surface area contributed by atoms with E-state index in [9.17, 15) is 8.42 Å². The second kappa shape index (κ2) is 11.3. The molecule has 30 heavy (non-hydrogen) atoms. The van der Waals surface area contributed by atoms with E-state index in [4.69, 9.17) is 4.74 Å². The summed E-state index contributed by atoms with van der Waals surface area (Å²) >= 11 is 1.47. The first-order valence-electron chi connectivity index (χ1n) is 9.29. The Bertz CT molecular complexity index is 1010. The zero-order valence-corrected chi connectivity index (χ0v) is 19.2. The van der Waals surface area contributed by atoms with E-state index < -0.39 is 10.0 Å². The van der Waals surface area contributed by atoms with Crippen molar-refractivity contribution in [2.24, 2.45) is 0 Å². The predicted octanol–water partition coefficient (Wildman–Crippen LogP) is 4.19. The lowest BCUT2D eigenvalue weighted by Gasteiger charge is -2.18. The number of halogens is 1. The highest BCUT2D eigenvalue weighted by atomic mass is 35.5. The molecule has 0 bridgehead atoms. The van der Waals surface area contributed by atoms with E-state index in [0.29, 0.717) is 18.7 Å². The summed E-state index contributed by atoms with van der Waals surface area (Å²) < 4.78 is 33.3. The third-order valence-corrected chi connectivity index (χ3v) is 6.60. The molecule has 0 saturated heterocycles. The molecule has 7 nitrogen and oxygen atoms in total. The summed E-state index contributed by atoms with van der Waals surface area (Å²) in [6.45, 7) is 2.47. The van der Waals surface area contributed by atoms with Gasteiger partial charge in [0.05, 0.1) is 17.7 Å². The minimum atomic E-state index is -3.62. The molecule has 1 unspecified atom stereocenters. The summed E-state index contributed by atoms with van der Waals surface area (Å²) in [4.78, 5) is 9.05. The van der Waals surface area contributed by atoms with Gasteiger partial charge in [-0.1, -0.05) is 19.4 Å². The first kappa shape index (κ1) is 24.1. The van der Waals surface area contributed by atoms with Gasteiger partial charge in [-0.2, -0.15) is 0 Å². The van der Waals surface area contributed by atoms with Crippen molar-refractivity contribution in [3.63, 3.8) is 0 Å². The molecule has 2 aromatic heterocycles. The van der Waals surface area contributed by atoms with Gasteiger partial charge in [0.25, 0.3) is 0 Å². The lowest BCUT2D eigenvalue weighted by Crippen LogP contribution is -2.39. The Morgan fingerprint density at radius 3 is 2.53 bits per heavy atom. The van der Waals surface area contributed by atoms with Crippen molar-refractivity contribution in [2.45, 2.75) is 30.7 Å². The molecular formula is C20H25ClN4O3S2. The largest absolute Gasteiger partial charge is 0.497 e. The second-order valence-electron chi connectivity index (χ2n) is 6.42. The molecule has 0 aliphatic heterocycles. The lowest BCUT2D eigenvalue weighted by molar-refractivity contribution is 0.414. The summed E-state index contributed by atoms with van der Waals surface area (Å²) in [5.41, 5.74) is 1.60. The molecule has 10 heteroatoms. The molecule has 0 radical (unpaired) electrons. The molecule has 2 N–H and O–H groups in total. The number of hydrogen-bond acceptors (Lipinski definition) is 7. The van der Waals surface area contributed by atoms with Crippen molar-refractivity contribution in [3.8, 4) is 17.1 Å². The molecule has 0 aliphatic rings. The number of ether oxygens (including phenoxy) is 1. The first-order valence-corrected chi connectivity index (χ1v) is 11.7. The van der Waals surface area contributed by atoms with Gasteiger partial charge in [0, 0.05) is 24.2 Å². The monoisotopic (exact) mass is 468 g/mol. The molecule has 1 atom stereocenters. The van der Waals surface area contributed by atoms with Crippen LogP contribution in [0, 0.1) is 0 Å². The molecule has 0 spiro atoms. The van der Waals surface area contributed by atoms with E-state index in [1.807, 2.05) is 30.5 Å². The number of sulfonamides is 1. The molecule has 162 valence electrons. The topological polar surface area (TPSA) is 93.2 Å². The highest BCUT2D eigenvalue weighted by molar-refractivity contribution is 7.89. The van der Waals surface area contributed by atoms with Crippen LogP contribution in [-0.4, -0.2) is 38.1 Å². The summed E-state index contributed by atoms with van der Waals surface area (Å²) in [7, 11) is -2.08. The van der Waals surface area contributed by atoms with Gasteiger partial charge in [-0.25, -0.2) is 18.1 Å². The van der Waals surface area contributed by atoms with Gasteiger partial charge in [-0.15, -0.1) is 23.7 Å². The van der Waals surface area contributed by atoms with Crippen LogP contribution in [0.25, 0.3) is 11.4 Å². The number of aromatic nitrogens is 2. The second-order valence-corrected chi connectivity index (χ2v) is 8.99. The van der Waals surface area contributed by atoms with E-state index in [1.165, 1.54) is 23.5 Å². The Kier molecular flexibility index (Phi) is 9.04. The van der Waals surface area contributed by atoms with E-state index in [0.717, 1.165) is 22.9 Å². The maximum absolute atomic E-state index is 12.7. The minimum absolute atomic E-state index is 0. The Labute approximate surface area is 187 Å². The Morgan fingerprint density at radius 2 is 1.90 bits per heavy atom. The van der Waals surface area contributed by atoms with Crippen molar-refractivity contribution in [3.05, 3.63) is 54.0 Å². The summed E-state index contributed by atoms with van der Waals surface area (Å²) in [6, 6.07) is 11.8. The number of pyridine rings is 1. The zero-order valence-electron chi connectivity index (χ0n) is 16.7. The van der Waals surface area contributed by atoms with Gasteiger partial charge in [0.2, 0.25) is 10.0 Å². The number of rotatable bonds is 10. The van der Waals surface area contributed by atoms with Crippen LogP contribution < -0.4 is 14.8 Å². The standard InChI is InChI=1S/C20H24N4O3S2.ClH/c1-3-6-15(24-29(25,26)17-10-8-16(27-2)9-11-17)13-22-20-23-19(14-28-20)18-7-4-5-12-21-18;/h4-5,7-12,14-15,24H,3,6,13H2,1-2H3,(H,22,23);1H. The van der Waals surface area contributed by atoms with Crippen LogP contribution in [0.15, 0.2) is 58.9 Å². The van der Waals surface area contributed by atoms with Gasteiger partial charge < -0.3 is 10.1 Å². The van der Waals surface area contributed by atoms with Crippen LogP contribution in [-0.2, 0) is 10.0 Å². The smallest absolute Gasteiger partial charge is 0.240 e. The maximum Gasteiger partial charge on any atom is 0.240 e. The molecule has 0 amide bonds. The van der Waals surface area contributed by atoms with Gasteiger partial charge in [-0.05, 0) is 42.8 Å². The maximum atomic E-state index is 12.7. The van der Waals surface area contributed by atoms with E-state index in [2.05, 4.69) is 20.0 Å². The van der Waals surface area contributed by atoms with Gasteiger partial charge in [0.1, 0.15) is 11.4 Å². The fraction of sp³-hybridized carbons (Fsp3) is 0.300. The molecule has 0 aliphatic carbocycles. The summed E-state index contributed by atoms with van der Waals surface area (Å²) in [5, 5.41) is 5.91. The molecule has 2 heterocycles. The number of hydrogen-bond donors (Lipinski definition) is 2. The zero-order chi connectivity index (χ0) is 20.7. The number of nitrogens with zero attached hydrogens (tertiary/aromatic N) is 2. The summed E-state index contributed by atoms with van der Waals surface area (Å²) in [6.07, 6.45) is 3.29. The molecule has 0 saturated carbocycles. The fourth-order valence-corrected chi connectivity index (χ4v) is 4.78. The molecule has 1 aromatic carbocycles. The minimum Gasteiger partial charge on any atom is -0.497 e. The van der Waals surface area contributed by atoms with Crippen LogP contribution >= 0.6 is 23.7 Å². The first-order chi connectivity index (χ1) is 14.0. The van der Waals surface area contributed by atoms with E-state index in [-0.39, 0.29) is 23.3 Å². The average Bonchev–Trinajstić information content (AvgIpc) is 3.22. The summed E-state index contributed by atoms with van der Waals surface area (Å²) in [5.74, 6) is 0.614. The number of anilines is 1. The predicted molar refractivity (Wildman–Crippen MR) is 123 cm³/mol. The molecular weight excluding hydrogens is 444 g/mol. The van der Waals surface area contributed by atoms with Crippen LogP contribution in [0.3, 0.4) is 0 Å². The van der Waals surface area contributed by atoms with Crippen molar-refractivity contribution in [2.75, 3.05) is 19.0 Å². The highest BCUT2D eigenvalue weighted by Gasteiger charge is 2.20. The van der Waals surface area contributed by atoms with Crippen LogP contribution in [0.1, 0.15) is 19.8 Å². The van der Waals surface area contributed by atoms with Crippen molar-refractivity contribution >= 4 is 38.9 Å². The third-order valence-electron chi connectivity index (χ3n) is 4.26. The van der Waals surface area contributed by atoms with Gasteiger partial charge in [-0.3, -0.25) is 4.98 Å². The number of nitrogens with one attached hydrogen (secondary N) is 2. The number of benzene rings is 1. The van der Waals surface area contributed by atoms with Gasteiger partial charge in [0.15, 0.2) is 5.13 Å². The third kappa shape index (κ3) is 6.40. The number of methoxy groups -OCH3 is 1. The lowest BCUT2D eigenvalue weighted by atomic mass is 10.2. The highest BCUT2D eigenvalue weighted by Crippen LogP contribution is 2.23. The van der Waals surface area contributed by atoms with Crippen LogP contribution in [0.5, 0.6) is 5.75 Å².